The standard InChI is InChI=1S/C19H19FN4O2.2C2H6/c20-15-11-16-14(10-17(15)26-13-1-2-13)19(23-22-16)12-3-4-21-18(9-12)24-5-7-25-8-6-24;2*1-2/h3-4,9-11,13H,1-2,5-8H2,(H,22,23);2*1-2H3. The summed E-state index contributed by atoms with van der Waals surface area (Å²) >= 11 is 0. The Hall–Kier alpha value is -2.67. The second-order valence-electron chi connectivity index (χ2n) is 6.72. The number of aromatic amines is 1. The smallest absolute Gasteiger partial charge is 0.167 e. The first-order chi connectivity index (χ1) is 14.8. The Labute approximate surface area is 177 Å². The van der Waals surface area contributed by atoms with Gasteiger partial charge in [0.2, 0.25) is 0 Å². The summed E-state index contributed by atoms with van der Waals surface area (Å²) in [5.41, 5.74) is 2.37. The second kappa shape index (κ2) is 10.4. The first kappa shape index (κ1) is 22.0. The van der Waals surface area contributed by atoms with Crippen LogP contribution in [-0.2, 0) is 4.74 Å². The summed E-state index contributed by atoms with van der Waals surface area (Å²) < 4.78 is 25.3. The molecule has 162 valence electrons. The molecule has 0 radical (unpaired) electrons. The van der Waals surface area contributed by atoms with Gasteiger partial charge in [-0.2, -0.15) is 5.10 Å². The van der Waals surface area contributed by atoms with Crippen LogP contribution in [0.5, 0.6) is 5.75 Å². The fraction of sp³-hybridized carbons (Fsp3) is 0.478. The Morgan fingerprint density at radius 3 is 2.53 bits per heavy atom. The van der Waals surface area contributed by atoms with E-state index in [0.29, 0.717) is 24.5 Å². The van der Waals surface area contributed by atoms with Crippen molar-refractivity contribution in [2.24, 2.45) is 0 Å². The van der Waals surface area contributed by atoms with Gasteiger partial charge in [0.25, 0.3) is 0 Å². The molecule has 0 unspecified atom stereocenters. The van der Waals surface area contributed by atoms with E-state index in [-0.39, 0.29) is 11.9 Å². The predicted octanol–water partition coefficient (Wildman–Crippen LogP) is 5.19. The maximum absolute atomic E-state index is 14.2. The third-order valence-electron chi connectivity index (χ3n) is 4.79. The molecule has 6 nitrogen and oxygen atoms in total. The third kappa shape index (κ3) is 4.90. The van der Waals surface area contributed by atoms with E-state index in [2.05, 4.69) is 20.1 Å². The van der Waals surface area contributed by atoms with Gasteiger partial charge >= 0.3 is 0 Å². The number of ether oxygens (including phenoxy) is 2. The number of morpholine rings is 1. The van der Waals surface area contributed by atoms with Gasteiger partial charge in [0.1, 0.15) is 11.5 Å². The molecule has 1 aliphatic carbocycles. The molecule has 0 atom stereocenters. The van der Waals surface area contributed by atoms with Gasteiger partial charge in [-0.25, -0.2) is 9.37 Å². The molecule has 0 amide bonds. The molecule has 1 saturated carbocycles. The van der Waals surface area contributed by atoms with Crippen molar-refractivity contribution in [1.82, 2.24) is 15.2 Å². The molecule has 1 aliphatic heterocycles. The summed E-state index contributed by atoms with van der Waals surface area (Å²) in [4.78, 5) is 6.68. The predicted molar refractivity (Wildman–Crippen MR) is 119 cm³/mol. The SMILES string of the molecule is CC.CC.Fc1cc2[nH]nc(-c3ccnc(N4CCOCC4)c3)c2cc1OC1CC1. The average molecular weight is 415 g/mol. The quantitative estimate of drug-likeness (QED) is 0.636. The van der Waals surface area contributed by atoms with Crippen molar-refractivity contribution < 1.29 is 13.9 Å². The third-order valence-corrected chi connectivity index (χ3v) is 4.79. The first-order valence-electron chi connectivity index (χ1n) is 10.9. The zero-order chi connectivity index (χ0) is 21.5. The van der Waals surface area contributed by atoms with Crippen LogP contribution in [0.4, 0.5) is 10.2 Å². The minimum atomic E-state index is -0.358. The number of anilines is 1. The van der Waals surface area contributed by atoms with Crippen molar-refractivity contribution in [1.29, 1.82) is 0 Å². The Balaban J connectivity index is 0.000000606. The van der Waals surface area contributed by atoms with E-state index in [1.165, 1.54) is 6.07 Å². The van der Waals surface area contributed by atoms with Crippen LogP contribution in [0.15, 0.2) is 30.5 Å². The van der Waals surface area contributed by atoms with Gasteiger partial charge in [-0.3, -0.25) is 5.10 Å². The number of nitrogens with zero attached hydrogens (tertiary/aromatic N) is 3. The van der Waals surface area contributed by atoms with Gasteiger partial charge in [-0.1, -0.05) is 27.7 Å². The molecule has 2 aliphatic rings. The Kier molecular flexibility index (Phi) is 7.63. The van der Waals surface area contributed by atoms with E-state index in [0.717, 1.165) is 48.4 Å². The summed E-state index contributed by atoms with van der Waals surface area (Å²) in [7, 11) is 0. The molecule has 5 rings (SSSR count). The number of hydrogen-bond donors (Lipinski definition) is 1. The van der Waals surface area contributed by atoms with Gasteiger partial charge in [0, 0.05) is 36.3 Å². The van der Waals surface area contributed by atoms with Gasteiger partial charge in [-0.15, -0.1) is 0 Å². The molecule has 2 aromatic heterocycles. The van der Waals surface area contributed by atoms with Crippen LogP contribution in [0, 0.1) is 5.82 Å². The average Bonchev–Trinajstić information content (AvgIpc) is 3.55. The Bertz CT molecular complexity index is 950. The number of rotatable bonds is 4. The number of aromatic nitrogens is 3. The number of pyridine rings is 1. The van der Waals surface area contributed by atoms with Crippen LogP contribution in [0.2, 0.25) is 0 Å². The fourth-order valence-corrected chi connectivity index (χ4v) is 3.23. The van der Waals surface area contributed by atoms with Crippen molar-refractivity contribution in [3.63, 3.8) is 0 Å². The molecule has 7 heteroatoms. The lowest BCUT2D eigenvalue weighted by Gasteiger charge is -2.27. The van der Waals surface area contributed by atoms with E-state index in [1.54, 1.807) is 12.3 Å². The Morgan fingerprint density at radius 2 is 1.83 bits per heavy atom. The van der Waals surface area contributed by atoms with Crippen molar-refractivity contribution in [2.45, 2.75) is 46.6 Å². The van der Waals surface area contributed by atoms with E-state index in [9.17, 15) is 4.39 Å². The molecule has 3 aromatic rings. The summed E-state index contributed by atoms with van der Waals surface area (Å²) in [6, 6.07) is 7.14. The van der Waals surface area contributed by atoms with Crippen LogP contribution < -0.4 is 9.64 Å². The lowest BCUT2D eigenvalue weighted by Crippen LogP contribution is -2.36. The molecule has 2 fully saturated rings. The van der Waals surface area contributed by atoms with Gasteiger partial charge in [-0.05, 0) is 31.0 Å². The normalized spacial score (nSPS) is 15.7. The van der Waals surface area contributed by atoms with Crippen molar-refractivity contribution in [3.05, 3.63) is 36.3 Å². The summed E-state index contributed by atoms with van der Waals surface area (Å²) in [6.45, 7) is 11.1. The van der Waals surface area contributed by atoms with Gasteiger partial charge < -0.3 is 14.4 Å². The maximum atomic E-state index is 14.2. The Morgan fingerprint density at radius 1 is 1.10 bits per heavy atom. The van der Waals surface area contributed by atoms with E-state index < -0.39 is 0 Å². The lowest BCUT2D eigenvalue weighted by atomic mass is 10.1. The van der Waals surface area contributed by atoms with E-state index >= 15 is 0 Å². The second-order valence-corrected chi connectivity index (χ2v) is 6.72. The number of hydrogen-bond acceptors (Lipinski definition) is 5. The van der Waals surface area contributed by atoms with Crippen LogP contribution >= 0.6 is 0 Å². The van der Waals surface area contributed by atoms with Crippen LogP contribution in [0.1, 0.15) is 40.5 Å². The molecule has 0 bridgehead atoms. The van der Waals surface area contributed by atoms with Crippen LogP contribution in [-0.4, -0.2) is 47.6 Å². The zero-order valence-electron chi connectivity index (χ0n) is 18.2. The zero-order valence-corrected chi connectivity index (χ0v) is 18.2. The fourth-order valence-electron chi connectivity index (χ4n) is 3.23. The molecule has 1 saturated heterocycles. The summed E-state index contributed by atoms with van der Waals surface area (Å²) in [5, 5.41) is 8.18. The molecule has 0 spiro atoms. The first-order valence-corrected chi connectivity index (χ1v) is 10.9. The monoisotopic (exact) mass is 414 g/mol. The minimum Gasteiger partial charge on any atom is -0.487 e. The highest BCUT2D eigenvalue weighted by Crippen LogP contribution is 2.35. The highest BCUT2D eigenvalue weighted by molar-refractivity contribution is 5.94. The van der Waals surface area contributed by atoms with Gasteiger partial charge in [0.05, 0.1) is 24.8 Å². The van der Waals surface area contributed by atoms with E-state index in [1.807, 2.05) is 39.8 Å². The topological polar surface area (TPSA) is 63.3 Å². The number of nitrogens with one attached hydrogen (secondary N) is 1. The molecule has 30 heavy (non-hydrogen) atoms. The molecular formula is C23H31FN4O2. The maximum Gasteiger partial charge on any atom is 0.167 e. The van der Waals surface area contributed by atoms with Crippen LogP contribution in [0.25, 0.3) is 22.2 Å². The van der Waals surface area contributed by atoms with Gasteiger partial charge in [0.15, 0.2) is 11.6 Å². The highest BCUT2D eigenvalue weighted by Gasteiger charge is 2.25. The summed E-state index contributed by atoms with van der Waals surface area (Å²) in [6.07, 6.45) is 3.91. The van der Waals surface area contributed by atoms with Crippen molar-refractivity contribution >= 4 is 16.7 Å². The van der Waals surface area contributed by atoms with Crippen molar-refractivity contribution in [2.75, 3.05) is 31.2 Å². The largest absolute Gasteiger partial charge is 0.487 e. The molecule has 1 N–H and O–H groups in total. The lowest BCUT2D eigenvalue weighted by molar-refractivity contribution is 0.122. The molecule has 3 heterocycles. The number of benzene rings is 1. The van der Waals surface area contributed by atoms with Crippen LogP contribution in [0.3, 0.4) is 0 Å². The number of halogens is 1. The number of fused-ring (bicyclic) bond motifs is 1. The number of H-pyrrole nitrogens is 1. The minimum absolute atomic E-state index is 0.145. The van der Waals surface area contributed by atoms with E-state index in [4.69, 9.17) is 9.47 Å². The van der Waals surface area contributed by atoms with Crippen molar-refractivity contribution in [3.8, 4) is 17.0 Å². The molecular weight excluding hydrogens is 383 g/mol. The highest BCUT2D eigenvalue weighted by atomic mass is 19.1. The molecule has 1 aromatic carbocycles. The summed E-state index contributed by atoms with van der Waals surface area (Å²) in [5.74, 6) is 0.840.